The molecule has 0 atom stereocenters. The molecule has 23 heavy (non-hydrogen) atoms. The van der Waals surface area contributed by atoms with Gasteiger partial charge in [-0.2, -0.15) is 0 Å². The normalized spacial score (nSPS) is 18.3. The van der Waals surface area contributed by atoms with Gasteiger partial charge in [0.15, 0.2) is 0 Å². The summed E-state index contributed by atoms with van der Waals surface area (Å²) < 4.78 is 14.5. The molecular formula is C19H31BrO2Si. The van der Waals surface area contributed by atoms with Gasteiger partial charge >= 0.3 is 8.56 Å². The Labute approximate surface area is 151 Å². The standard InChI is InChI=1S/C19H31BrO2Si/c1-17(2,3)15-11-14(20)10-13-12-21-23(18(4,5)6,19(7,8)9)22-16(13)15/h10-11H,12H2,1-9H3. The van der Waals surface area contributed by atoms with Gasteiger partial charge in [0.25, 0.3) is 0 Å². The van der Waals surface area contributed by atoms with Crippen LogP contribution in [0.4, 0.5) is 0 Å². The molecule has 1 heterocycles. The van der Waals surface area contributed by atoms with Gasteiger partial charge in [0, 0.05) is 20.1 Å². The monoisotopic (exact) mass is 398 g/mol. The average molecular weight is 399 g/mol. The number of halogens is 1. The van der Waals surface area contributed by atoms with Gasteiger partial charge in [0.1, 0.15) is 5.75 Å². The van der Waals surface area contributed by atoms with E-state index in [1.165, 1.54) is 5.56 Å². The predicted molar refractivity (Wildman–Crippen MR) is 103 cm³/mol. The SMILES string of the molecule is CC(C)(C)c1cc(Br)cc2c1O[Si](C(C)(C)C)(C(C)(C)C)OC2. The molecule has 1 aliphatic heterocycles. The van der Waals surface area contributed by atoms with E-state index in [0.717, 1.165) is 15.8 Å². The Morgan fingerprint density at radius 1 is 0.913 bits per heavy atom. The quantitative estimate of drug-likeness (QED) is 0.452. The summed E-state index contributed by atoms with van der Waals surface area (Å²) in [5, 5.41) is -0.0175. The molecule has 130 valence electrons. The zero-order chi connectivity index (χ0) is 17.8. The molecule has 0 saturated carbocycles. The summed E-state index contributed by atoms with van der Waals surface area (Å²) in [6.45, 7) is 20.9. The first-order valence-electron chi connectivity index (χ1n) is 8.35. The van der Waals surface area contributed by atoms with E-state index < -0.39 is 8.56 Å². The summed E-state index contributed by atoms with van der Waals surface area (Å²) in [6, 6.07) is 4.34. The van der Waals surface area contributed by atoms with Crippen molar-refractivity contribution in [2.24, 2.45) is 0 Å². The Hall–Kier alpha value is -0.323. The number of hydrogen-bond acceptors (Lipinski definition) is 2. The molecule has 0 saturated heterocycles. The van der Waals surface area contributed by atoms with Crippen molar-refractivity contribution in [1.29, 1.82) is 0 Å². The lowest BCUT2D eigenvalue weighted by atomic mass is 9.85. The van der Waals surface area contributed by atoms with Crippen LogP contribution >= 0.6 is 15.9 Å². The summed E-state index contributed by atoms with van der Waals surface area (Å²) in [6.07, 6.45) is 0. The molecule has 1 aromatic rings. The maximum Gasteiger partial charge on any atom is 0.410 e. The molecule has 0 spiro atoms. The van der Waals surface area contributed by atoms with E-state index in [-0.39, 0.29) is 15.5 Å². The van der Waals surface area contributed by atoms with Gasteiger partial charge in [-0.15, -0.1) is 0 Å². The smallest absolute Gasteiger partial charge is 0.410 e. The Balaban J connectivity index is 2.68. The third-order valence-electron chi connectivity index (χ3n) is 4.59. The van der Waals surface area contributed by atoms with Crippen LogP contribution < -0.4 is 4.43 Å². The van der Waals surface area contributed by atoms with Crippen LogP contribution in [-0.2, 0) is 16.4 Å². The van der Waals surface area contributed by atoms with E-state index >= 15 is 0 Å². The zero-order valence-electron chi connectivity index (χ0n) is 16.1. The van der Waals surface area contributed by atoms with Gasteiger partial charge in [-0.25, -0.2) is 0 Å². The fourth-order valence-corrected chi connectivity index (χ4v) is 8.83. The minimum atomic E-state index is -2.48. The number of fused-ring (bicyclic) bond motifs is 1. The first-order chi connectivity index (χ1) is 10.2. The largest absolute Gasteiger partial charge is 0.519 e. The summed E-state index contributed by atoms with van der Waals surface area (Å²) >= 11 is 3.64. The number of hydrogen-bond donors (Lipinski definition) is 0. The third kappa shape index (κ3) is 3.27. The van der Waals surface area contributed by atoms with Crippen molar-refractivity contribution in [3.63, 3.8) is 0 Å². The molecule has 0 amide bonds. The van der Waals surface area contributed by atoms with Crippen LogP contribution in [0.25, 0.3) is 0 Å². The van der Waals surface area contributed by atoms with Gasteiger partial charge in [-0.05, 0) is 23.1 Å². The summed E-state index contributed by atoms with van der Waals surface area (Å²) in [5.41, 5.74) is 2.44. The van der Waals surface area contributed by atoms with Crippen molar-refractivity contribution in [2.75, 3.05) is 0 Å². The molecule has 0 radical (unpaired) electrons. The minimum absolute atomic E-state index is 0.00876. The lowest BCUT2D eigenvalue weighted by Gasteiger charge is -2.51. The topological polar surface area (TPSA) is 18.5 Å². The average Bonchev–Trinajstić information content (AvgIpc) is 2.33. The van der Waals surface area contributed by atoms with Gasteiger partial charge in [-0.1, -0.05) is 78.2 Å². The van der Waals surface area contributed by atoms with E-state index in [9.17, 15) is 0 Å². The molecule has 1 aliphatic rings. The molecule has 1 aromatic carbocycles. The van der Waals surface area contributed by atoms with Gasteiger partial charge < -0.3 is 8.85 Å². The van der Waals surface area contributed by atoms with E-state index in [0.29, 0.717) is 6.61 Å². The van der Waals surface area contributed by atoms with E-state index in [2.05, 4.69) is 90.4 Å². The van der Waals surface area contributed by atoms with Crippen molar-refractivity contribution in [3.05, 3.63) is 27.7 Å². The molecule has 0 bridgehead atoms. The zero-order valence-corrected chi connectivity index (χ0v) is 18.6. The Morgan fingerprint density at radius 2 is 1.43 bits per heavy atom. The molecule has 0 N–H and O–H groups in total. The van der Waals surface area contributed by atoms with Gasteiger partial charge in [0.05, 0.1) is 6.61 Å². The van der Waals surface area contributed by atoms with Crippen LogP contribution in [0.15, 0.2) is 16.6 Å². The maximum atomic E-state index is 6.86. The fourth-order valence-electron chi connectivity index (χ4n) is 3.65. The lowest BCUT2D eigenvalue weighted by molar-refractivity contribution is 0.154. The van der Waals surface area contributed by atoms with Crippen molar-refractivity contribution < 1.29 is 8.85 Å². The second-order valence-electron chi connectivity index (χ2n) is 9.70. The Kier molecular flexibility index (Phi) is 4.63. The molecule has 2 rings (SSSR count). The van der Waals surface area contributed by atoms with Crippen LogP contribution in [0.5, 0.6) is 5.75 Å². The third-order valence-corrected chi connectivity index (χ3v) is 10.0. The highest BCUT2D eigenvalue weighted by atomic mass is 79.9. The molecule has 0 unspecified atom stereocenters. The van der Waals surface area contributed by atoms with Crippen molar-refractivity contribution in [2.45, 2.75) is 84.4 Å². The van der Waals surface area contributed by atoms with Crippen molar-refractivity contribution in [1.82, 2.24) is 0 Å². The number of benzene rings is 1. The Morgan fingerprint density at radius 3 is 1.87 bits per heavy atom. The van der Waals surface area contributed by atoms with Crippen LogP contribution in [0.2, 0.25) is 10.1 Å². The molecule has 0 fully saturated rings. The van der Waals surface area contributed by atoms with Gasteiger partial charge in [0.2, 0.25) is 0 Å². The second kappa shape index (κ2) is 5.60. The van der Waals surface area contributed by atoms with E-state index in [1.807, 2.05) is 0 Å². The first kappa shape index (κ1) is 19.0. The second-order valence-corrected chi connectivity index (χ2v) is 15.3. The van der Waals surface area contributed by atoms with Crippen LogP contribution in [0, 0.1) is 0 Å². The van der Waals surface area contributed by atoms with E-state index in [4.69, 9.17) is 8.85 Å². The molecular weight excluding hydrogens is 368 g/mol. The van der Waals surface area contributed by atoms with Crippen LogP contribution in [0.3, 0.4) is 0 Å². The molecule has 2 nitrogen and oxygen atoms in total. The highest BCUT2D eigenvalue weighted by Gasteiger charge is 2.61. The maximum absolute atomic E-state index is 6.86. The molecule has 4 heteroatoms. The summed E-state index contributed by atoms with van der Waals surface area (Å²) in [7, 11) is -2.48. The minimum Gasteiger partial charge on any atom is -0.519 e. The van der Waals surface area contributed by atoms with Gasteiger partial charge in [-0.3, -0.25) is 0 Å². The summed E-state index contributed by atoms with van der Waals surface area (Å²) in [5.74, 6) is 1.06. The highest BCUT2D eigenvalue weighted by Crippen LogP contribution is 2.56. The van der Waals surface area contributed by atoms with Crippen LogP contribution in [-0.4, -0.2) is 8.56 Å². The van der Waals surface area contributed by atoms with Crippen molar-refractivity contribution >= 4 is 24.5 Å². The first-order valence-corrected chi connectivity index (χ1v) is 11.0. The fraction of sp³-hybridized carbons (Fsp3) is 0.684. The molecule has 0 aliphatic carbocycles. The lowest BCUT2D eigenvalue weighted by Crippen LogP contribution is -2.61. The summed E-state index contributed by atoms with van der Waals surface area (Å²) in [4.78, 5) is 0. The van der Waals surface area contributed by atoms with E-state index in [1.54, 1.807) is 0 Å². The van der Waals surface area contributed by atoms with Crippen LogP contribution in [0.1, 0.15) is 73.4 Å². The number of rotatable bonds is 0. The predicted octanol–water partition coefficient (Wildman–Crippen LogP) is 6.70. The highest BCUT2D eigenvalue weighted by molar-refractivity contribution is 9.10. The molecule has 0 aromatic heterocycles. The van der Waals surface area contributed by atoms with Crippen molar-refractivity contribution in [3.8, 4) is 5.75 Å². The Bertz CT molecular complexity index is 590.